The van der Waals surface area contributed by atoms with Gasteiger partial charge in [-0.2, -0.15) is 0 Å². The van der Waals surface area contributed by atoms with E-state index in [0.717, 1.165) is 5.70 Å². The lowest BCUT2D eigenvalue weighted by atomic mass is 10.0. The van der Waals surface area contributed by atoms with E-state index in [2.05, 4.69) is 25.7 Å². The Labute approximate surface area is 84.8 Å². The van der Waals surface area contributed by atoms with Crippen LogP contribution >= 0.6 is 11.6 Å². The van der Waals surface area contributed by atoms with Crippen molar-refractivity contribution in [3.8, 4) is 0 Å². The van der Waals surface area contributed by atoms with Crippen molar-refractivity contribution in [2.24, 2.45) is 0 Å². The molecule has 14 heavy (non-hydrogen) atoms. The number of fused-ring (bicyclic) bond motifs is 1. The van der Waals surface area contributed by atoms with Crippen LogP contribution in [-0.2, 0) is 0 Å². The molecular weight excluding hydrogens is 208 g/mol. The van der Waals surface area contributed by atoms with E-state index in [1.807, 2.05) is 0 Å². The largest absolute Gasteiger partial charge is 0.390 e. The van der Waals surface area contributed by atoms with E-state index in [1.54, 1.807) is 7.05 Å². The number of aromatic nitrogens is 2. The van der Waals surface area contributed by atoms with Crippen molar-refractivity contribution >= 4 is 17.3 Å². The standard InChI is InChI=1S/C7H9ClN4O2/c1-9-4-2-3(8)5-7(6(4)10-13)12-14-11-5/h3,9-10,13H,2H2,1H3. The van der Waals surface area contributed by atoms with Gasteiger partial charge in [-0.15, -0.1) is 11.6 Å². The van der Waals surface area contributed by atoms with E-state index in [4.69, 9.17) is 16.8 Å². The summed E-state index contributed by atoms with van der Waals surface area (Å²) in [5.41, 5.74) is 4.29. The molecule has 2 rings (SSSR count). The van der Waals surface area contributed by atoms with E-state index in [9.17, 15) is 0 Å². The first kappa shape index (κ1) is 9.29. The highest BCUT2D eigenvalue weighted by Crippen LogP contribution is 2.36. The zero-order valence-corrected chi connectivity index (χ0v) is 8.17. The predicted molar refractivity (Wildman–Crippen MR) is 48.4 cm³/mol. The van der Waals surface area contributed by atoms with E-state index < -0.39 is 0 Å². The van der Waals surface area contributed by atoms with Crippen LogP contribution in [0.4, 0.5) is 0 Å². The highest BCUT2D eigenvalue weighted by atomic mass is 35.5. The van der Waals surface area contributed by atoms with Gasteiger partial charge in [-0.05, 0) is 5.16 Å². The number of nitrogens with one attached hydrogen (secondary N) is 2. The van der Waals surface area contributed by atoms with Gasteiger partial charge in [0.1, 0.15) is 11.4 Å². The van der Waals surface area contributed by atoms with Gasteiger partial charge < -0.3 is 5.32 Å². The third-order valence-corrected chi connectivity index (χ3v) is 2.51. The monoisotopic (exact) mass is 216 g/mol. The fourth-order valence-electron chi connectivity index (χ4n) is 1.44. The zero-order valence-electron chi connectivity index (χ0n) is 7.41. The summed E-state index contributed by atoms with van der Waals surface area (Å²) < 4.78 is 4.57. The van der Waals surface area contributed by atoms with Crippen LogP contribution in [0.3, 0.4) is 0 Å². The SMILES string of the molecule is CNC1=C(NO)c2nonc2C(Cl)C1. The molecule has 0 saturated heterocycles. The second kappa shape index (κ2) is 3.47. The minimum absolute atomic E-state index is 0.282. The van der Waals surface area contributed by atoms with Crippen molar-refractivity contribution in [3.63, 3.8) is 0 Å². The average molecular weight is 217 g/mol. The molecule has 7 heteroatoms. The molecule has 76 valence electrons. The molecule has 1 aromatic heterocycles. The highest BCUT2D eigenvalue weighted by Gasteiger charge is 2.30. The van der Waals surface area contributed by atoms with Crippen LogP contribution in [0.15, 0.2) is 10.3 Å². The Balaban J connectivity index is 2.52. The normalized spacial score (nSPS) is 20.6. The summed E-state index contributed by atoms with van der Waals surface area (Å²) in [6.45, 7) is 0. The maximum atomic E-state index is 8.94. The Hall–Kier alpha value is -1.27. The molecule has 0 aromatic carbocycles. The van der Waals surface area contributed by atoms with Crippen molar-refractivity contribution in [3.05, 3.63) is 17.1 Å². The van der Waals surface area contributed by atoms with Crippen molar-refractivity contribution in [2.75, 3.05) is 7.05 Å². The average Bonchev–Trinajstić information content (AvgIpc) is 2.66. The molecule has 0 spiro atoms. The minimum Gasteiger partial charge on any atom is -0.390 e. The molecule has 1 unspecified atom stereocenters. The number of hydroxylamine groups is 1. The van der Waals surface area contributed by atoms with Crippen LogP contribution in [0, 0.1) is 0 Å². The van der Waals surface area contributed by atoms with Crippen LogP contribution in [-0.4, -0.2) is 22.6 Å². The number of rotatable bonds is 2. The quantitative estimate of drug-likeness (QED) is 0.497. The van der Waals surface area contributed by atoms with Gasteiger partial charge >= 0.3 is 0 Å². The van der Waals surface area contributed by atoms with Crippen LogP contribution < -0.4 is 10.8 Å². The van der Waals surface area contributed by atoms with Crippen LogP contribution in [0.1, 0.15) is 23.2 Å². The Morgan fingerprint density at radius 1 is 1.57 bits per heavy atom. The third-order valence-electron chi connectivity index (χ3n) is 2.15. The predicted octanol–water partition coefficient (Wildman–Crippen LogP) is 0.620. The maximum Gasteiger partial charge on any atom is 0.159 e. The lowest BCUT2D eigenvalue weighted by molar-refractivity contribution is 0.221. The molecule has 0 fully saturated rings. The summed E-state index contributed by atoms with van der Waals surface area (Å²) in [5, 5.41) is 18.9. The van der Waals surface area contributed by atoms with E-state index in [-0.39, 0.29) is 5.38 Å². The Morgan fingerprint density at radius 3 is 3.00 bits per heavy atom. The topological polar surface area (TPSA) is 83.2 Å². The van der Waals surface area contributed by atoms with Crippen LogP contribution in [0.5, 0.6) is 0 Å². The summed E-state index contributed by atoms with van der Waals surface area (Å²) in [5.74, 6) is 0. The van der Waals surface area contributed by atoms with Crippen molar-refractivity contribution in [2.45, 2.75) is 11.8 Å². The summed E-state index contributed by atoms with van der Waals surface area (Å²) in [4.78, 5) is 0. The molecule has 1 aliphatic rings. The van der Waals surface area contributed by atoms with E-state index in [1.165, 1.54) is 0 Å². The Kier molecular flexibility index (Phi) is 2.30. The number of halogens is 1. The van der Waals surface area contributed by atoms with Gasteiger partial charge in [0.05, 0.1) is 5.38 Å². The van der Waals surface area contributed by atoms with Crippen molar-refractivity contribution in [1.29, 1.82) is 0 Å². The molecular formula is C7H9ClN4O2. The summed E-state index contributed by atoms with van der Waals surface area (Å²) in [7, 11) is 1.74. The maximum absolute atomic E-state index is 8.94. The lowest BCUT2D eigenvalue weighted by Gasteiger charge is -2.19. The number of alkyl halides is 1. The number of hydrogen-bond acceptors (Lipinski definition) is 6. The summed E-state index contributed by atoms with van der Waals surface area (Å²) >= 11 is 6.04. The van der Waals surface area contributed by atoms with Crippen LogP contribution in [0.25, 0.3) is 5.70 Å². The second-order valence-corrected chi connectivity index (χ2v) is 3.41. The Morgan fingerprint density at radius 2 is 2.36 bits per heavy atom. The zero-order chi connectivity index (χ0) is 10.1. The van der Waals surface area contributed by atoms with Gasteiger partial charge in [-0.25, -0.2) is 4.63 Å². The van der Waals surface area contributed by atoms with Gasteiger partial charge in [-0.1, -0.05) is 5.16 Å². The molecule has 1 aliphatic carbocycles. The molecule has 1 atom stereocenters. The molecule has 1 heterocycles. The second-order valence-electron chi connectivity index (χ2n) is 2.89. The molecule has 0 saturated carbocycles. The summed E-state index contributed by atoms with van der Waals surface area (Å²) in [6.07, 6.45) is 0.544. The molecule has 6 nitrogen and oxygen atoms in total. The smallest absolute Gasteiger partial charge is 0.159 e. The van der Waals surface area contributed by atoms with Gasteiger partial charge in [0, 0.05) is 19.2 Å². The molecule has 0 amide bonds. The third kappa shape index (κ3) is 1.23. The Bertz CT molecular complexity index is 376. The van der Waals surface area contributed by atoms with Gasteiger partial charge in [-0.3, -0.25) is 10.7 Å². The fourth-order valence-corrected chi connectivity index (χ4v) is 1.74. The number of nitrogens with zero attached hydrogens (tertiary/aromatic N) is 2. The first-order chi connectivity index (χ1) is 6.77. The molecule has 1 aromatic rings. The summed E-state index contributed by atoms with van der Waals surface area (Å²) in [6, 6.07) is 0. The molecule has 0 aliphatic heterocycles. The highest BCUT2D eigenvalue weighted by molar-refractivity contribution is 6.21. The van der Waals surface area contributed by atoms with Crippen LogP contribution in [0.2, 0.25) is 0 Å². The first-order valence-electron chi connectivity index (χ1n) is 4.05. The number of hydrogen-bond donors (Lipinski definition) is 3. The van der Waals surface area contributed by atoms with Crippen molar-refractivity contribution in [1.82, 2.24) is 21.1 Å². The van der Waals surface area contributed by atoms with Gasteiger partial charge in [0.15, 0.2) is 5.69 Å². The minimum atomic E-state index is -0.282. The molecule has 0 radical (unpaired) electrons. The molecule has 0 bridgehead atoms. The molecule has 3 N–H and O–H groups in total. The van der Waals surface area contributed by atoms with Gasteiger partial charge in [0.2, 0.25) is 0 Å². The fraction of sp³-hybridized carbons (Fsp3) is 0.429. The van der Waals surface area contributed by atoms with E-state index in [0.29, 0.717) is 23.5 Å². The van der Waals surface area contributed by atoms with E-state index >= 15 is 0 Å². The van der Waals surface area contributed by atoms with Gasteiger partial charge in [0.25, 0.3) is 0 Å². The van der Waals surface area contributed by atoms with Crippen molar-refractivity contribution < 1.29 is 9.84 Å². The lowest BCUT2D eigenvalue weighted by Crippen LogP contribution is -2.22. The first-order valence-corrected chi connectivity index (χ1v) is 4.49. The number of allylic oxidation sites excluding steroid dienone is 1.